The van der Waals surface area contributed by atoms with Crippen molar-refractivity contribution in [2.24, 2.45) is 0 Å². The highest BCUT2D eigenvalue weighted by Gasteiger charge is 2.28. The minimum absolute atomic E-state index is 0.313. The first-order valence-electron chi connectivity index (χ1n) is 8.07. The molecule has 1 aromatic carbocycles. The van der Waals surface area contributed by atoms with Crippen LogP contribution in [0.5, 0.6) is 5.75 Å². The molecule has 4 heteroatoms. The molecule has 2 atom stereocenters. The molecule has 0 amide bonds. The molecule has 2 heterocycles. The van der Waals surface area contributed by atoms with Gasteiger partial charge in [-0.05, 0) is 55.5 Å². The molecule has 2 unspecified atom stereocenters. The van der Waals surface area contributed by atoms with Gasteiger partial charge >= 0.3 is 0 Å². The Labute approximate surface area is 132 Å². The predicted octanol–water partition coefficient (Wildman–Crippen LogP) is 3.36. The Bertz CT molecular complexity index is 486. The summed E-state index contributed by atoms with van der Waals surface area (Å²) in [6.07, 6.45) is 5.65. The maximum atomic E-state index is 6.27. The maximum absolute atomic E-state index is 6.27. The fourth-order valence-electron chi connectivity index (χ4n) is 3.32. The molecule has 3 nitrogen and oxygen atoms in total. The molecule has 0 radical (unpaired) electrons. The molecule has 0 aliphatic carbocycles. The van der Waals surface area contributed by atoms with Gasteiger partial charge in [-0.1, -0.05) is 18.5 Å². The Hall–Kier alpha value is -0.770. The summed E-state index contributed by atoms with van der Waals surface area (Å²) in [6.45, 7) is 4.88. The zero-order valence-electron chi connectivity index (χ0n) is 12.7. The van der Waals surface area contributed by atoms with Crippen molar-refractivity contribution in [1.82, 2.24) is 5.32 Å². The number of halogens is 1. The Balaban J connectivity index is 1.78. The second-order valence-corrected chi connectivity index (χ2v) is 6.40. The molecule has 0 bridgehead atoms. The van der Waals surface area contributed by atoms with E-state index in [0.29, 0.717) is 12.1 Å². The molecule has 0 saturated carbocycles. The van der Waals surface area contributed by atoms with E-state index < -0.39 is 0 Å². The highest BCUT2D eigenvalue weighted by Crippen LogP contribution is 2.34. The quantitative estimate of drug-likeness (QED) is 0.874. The van der Waals surface area contributed by atoms with Crippen LogP contribution in [0.2, 0.25) is 5.02 Å². The lowest BCUT2D eigenvalue weighted by Crippen LogP contribution is -2.41. The van der Waals surface area contributed by atoms with Crippen molar-refractivity contribution in [3.8, 4) is 5.75 Å². The van der Waals surface area contributed by atoms with Crippen LogP contribution < -0.4 is 10.1 Å². The number of benzene rings is 1. The molecule has 2 aliphatic heterocycles. The van der Waals surface area contributed by atoms with Crippen molar-refractivity contribution in [2.45, 2.75) is 51.2 Å². The Morgan fingerprint density at radius 2 is 2.29 bits per heavy atom. The average molecular weight is 310 g/mol. The zero-order chi connectivity index (χ0) is 14.7. The van der Waals surface area contributed by atoms with Gasteiger partial charge < -0.3 is 14.8 Å². The van der Waals surface area contributed by atoms with Crippen LogP contribution in [0.4, 0.5) is 0 Å². The van der Waals surface area contributed by atoms with Crippen LogP contribution >= 0.6 is 11.6 Å². The van der Waals surface area contributed by atoms with Gasteiger partial charge in [0.1, 0.15) is 5.75 Å². The van der Waals surface area contributed by atoms with Crippen LogP contribution in [0.25, 0.3) is 0 Å². The Morgan fingerprint density at radius 3 is 3.05 bits per heavy atom. The second-order valence-electron chi connectivity index (χ2n) is 5.97. The molecule has 0 spiro atoms. The molecule has 0 aromatic heterocycles. The van der Waals surface area contributed by atoms with Crippen molar-refractivity contribution in [3.63, 3.8) is 0 Å². The monoisotopic (exact) mass is 309 g/mol. The molecule has 2 aliphatic rings. The van der Waals surface area contributed by atoms with Crippen molar-refractivity contribution in [2.75, 3.05) is 19.8 Å². The van der Waals surface area contributed by atoms with Gasteiger partial charge in [-0.15, -0.1) is 0 Å². The zero-order valence-corrected chi connectivity index (χ0v) is 13.4. The minimum atomic E-state index is 0.313. The summed E-state index contributed by atoms with van der Waals surface area (Å²) >= 11 is 6.27. The molecule has 1 N–H and O–H groups in total. The first-order chi connectivity index (χ1) is 10.3. The number of fused-ring (bicyclic) bond motifs is 1. The molecule has 1 aromatic rings. The summed E-state index contributed by atoms with van der Waals surface area (Å²) in [5.41, 5.74) is 2.47. The maximum Gasteiger partial charge on any atom is 0.125 e. The average Bonchev–Trinajstić information content (AvgIpc) is 3.13. The molecular formula is C17H24ClNO2. The second kappa shape index (κ2) is 6.99. The van der Waals surface area contributed by atoms with Crippen LogP contribution in [0.3, 0.4) is 0 Å². The van der Waals surface area contributed by atoms with E-state index in [1.165, 1.54) is 17.5 Å². The van der Waals surface area contributed by atoms with Crippen LogP contribution in [-0.2, 0) is 17.6 Å². The number of nitrogens with one attached hydrogen (secondary N) is 1. The van der Waals surface area contributed by atoms with Crippen LogP contribution in [-0.4, -0.2) is 31.9 Å². The highest BCUT2D eigenvalue weighted by atomic mass is 35.5. The van der Waals surface area contributed by atoms with Crippen LogP contribution in [0.1, 0.15) is 37.3 Å². The van der Waals surface area contributed by atoms with Crippen molar-refractivity contribution in [3.05, 3.63) is 28.3 Å². The lowest BCUT2D eigenvalue weighted by molar-refractivity contribution is 0.0782. The van der Waals surface area contributed by atoms with E-state index in [9.17, 15) is 0 Å². The van der Waals surface area contributed by atoms with Crippen molar-refractivity contribution >= 4 is 11.6 Å². The number of ether oxygens (including phenoxy) is 2. The first kappa shape index (κ1) is 15.1. The van der Waals surface area contributed by atoms with E-state index >= 15 is 0 Å². The van der Waals surface area contributed by atoms with E-state index in [4.69, 9.17) is 21.1 Å². The third-order valence-corrected chi connectivity index (χ3v) is 4.55. The fourth-order valence-corrected chi connectivity index (χ4v) is 3.58. The number of hydrogen-bond donors (Lipinski definition) is 1. The van der Waals surface area contributed by atoms with Crippen molar-refractivity contribution < 1.29 is 9.47 Å². The number of hydrogen-bond acceptors (Lipinski definition) is 3. The molecule has 116 valence electrons. The van der Waals surface area contributed by atoms with Gasteiger partial charge in [0.2, 0.25) is 0 Å². The smallest absolute Gasteiger partial charge is 0.125 e. The summed E-state index contributed by atoms with van der Waals surface area (Å²) in [7, 11) is 0. The summed E-state index contributed by atoms with van der Waals surface area (Å²) in [5.74, 6) is 1.06. The van der Waals surface area contributed by atoms with Gasteiger partial charge in [0.15, 0.2) is 0 Å². The SMILES string of the molecule is CCCNC(Cc1cc(Cl)cc2c1OCC2)C1CCCO1. The molecule has 3 rings (SSSR count). The molecular weight excluding hydrogens is 286 g/mol. The van der Waals surface area contributed by atoms with Gasteiger partial charge in [-0.2, -0.15) is 0 Å². The van der Waals surface area contributed by atoms with Crippen LogP contribution in [0.15, 0.2) is 12.1 Å². The third-order valence-electron chi connectivity index (χ3n) is 4.34. The van der Waals surface area contributed by atoms with Gasteiger partial charge in [0, 0.05) is 24.1 Å². The molecule has 1 fully saturated rings. The van der Waals surface area contributed by atoms with E-state index in [-0.39, 0.29) is 0 Å². The van der Waals surface area contributed by atoms with E-state index in [1.54, 1.807) is 0 Å². The highest BCUT2D eigenvalue weighted by molar-refractivity contribution is 6.30. The minimum Gasteiger partial charge on any atom is -0.493 e. The molecule has 21 heavy (non-hydrogen) atoms. The van der Waals surface area contributed by atoms with Gasteiger partial charge in [0.05, 0.1) is 12.7 Å². The summed E-state index contributed by atoms with van der Waals surface area (Å²) < 4.78 is 11.7. The van der Waals surface area contributed by atoms with Gasteiger partial charge in [-0.3, -0.25) is 0 Å². The van der Waals surface area contributed by atoms with Crippen LogP contribution in [0, 0.1) is 0 Å². The van der Waals surface area contributed by atoms with E-state index in [1.807, 2.05) is 6.07 Å². The summed E-state index contributed by atoms with van der Waals surface area (Å²) in [4.78, 5) is 0. The molecule has 1 saturated heterocycles. The third kappa shape index (κ3) is 3.53. The van der Waals surface area contributed by atoms with Gasteiger partial charge in [-0.25, -0.2) is 0 Å². The summed E-state index contributed by atoms with van der Waals surface area (Å²) in [5, 5.41) is 4.46. The predicted molar refractivity (Wildman–Crippen MR) is 85.4 cm³/mol. The lowest BCUT2D eigenvalue weighted by Gasteiger charge is -2.25. The van der Waals surface area contributed by atoms with Gasteiger partial charge in [0.25, 0.3) is 0 Å². The topological polar surface area (TPSA) is 30.5 Å². The lowest BCUT2D eigenvalue weighted by atomic mass is 9.97. The normalized spacial score (nSPS) is 22.1. The van der Waals surface area contributed by atoms with Crippen molar-refractivity contribution in [1.29, 1.82) is 0 Å². The Kier molecular flexibility index (Phi) is 5.04. The first-order valence-corrected chi connectivity index (χ1v) is 8.45. The fraction of sp³-hybridized carbons (Fsp3) is 0.647. The Morgan fingerprint density at radius 1 is 1.38 bits per heavy atom. The number of rotatable bonds is 6. The van der Waals surface area contributed by atoms with E-state index in [2.05, 4.69) is 18.3 Å². The van der Waals surface area contributed by atoms with E-state index in [0.717, 1.165) is 56.2 Å². The standard InChI is InChI=1S/C17H24ClNO2/c1-2-6-19-15(16-4-3-7-20-16)11-13-10-14(18)9-12-5-8-21-17(12)13/h9-10,15-16,19H,2-8,11H2,1H3. The largest absolute Gasteiger partial charge is 0.493 e. The summed E-state index contributed by atoms with van der Waals surface area (Å²) in [6, 6.07) is 4.44.